The first kappa shape index (κ1) is 10.5. The summed E-state index contributed by atoms with van der Waals surface area (Å²) in [5, 5.41) is 9.06. The minimum absolute atomic E-state index is 0.0677. The maximum Gasteiger partial charge on any atom is 0.275 e. The molecule has 0 spiro atoms. The van der Waals surface area contributed by atoms with Crippen LogP contribution in [0.3, 0.4) is 0 Å². The number of aliphatic hydroxyl groups is 1. The lowest BCUT2D eigenvalue weighted by Gasteiger charge is -2.31. The average Bonchev–Trinajstić information content (AvgIpc) is 2.81. The zero-order valence-electron chi connectivity index (χ0n) is 8.30. The molecule has 1 N–H and O–H groups in total. The van der Waals surface area contributed by atoms with Crippen molar-refractivity contribution in [3.8, 4) is 0 Å². The van der Waals surface area contributed by atoms with Crippen molar-refractivity contribution < 1.29 is 9.90 Å². The fraction of sp³-hybridized carbons (Fsp3) is 0.667. The van der Waals surface area contributed by atoms with Crippen LogP contribution in [0.2, 0.25) is 0 Å². The molecule has 1 unspecified atom stereocenters. The Morgan fingerprint density at radius 3 is 3.27 bits per heavy atom. The summed E-state index contributed by atoms with van der Waals surface area (Å²) in [5.74, 6) is 0.149. The van der Waals surface area contributed by atoms with Gasteiger partial charge >= 0.3 is 0 Å². The van der Waals surface area contributed by atoms with Crippen LogP contribution in [0.15, 0.2) is 6.20 Å². The molecule has 1 fully saturated rings. The molecule has 1 atom stereocenters. The van der Waals surface area contributed by atoms with Gasteiger partial charge in [0, 0.05) is 19.7 Å². The van der Waals surface area contributed by atoms with E-state index in [9.17, 15) is 4.79 Å². The van der Waals surface area contributed by atoms with E-state index < -0.39 is 0 Å². The predicted octanol–water partition coefficient (Wildman–Crippen LogP) is 0.383. The molecule has 15 heavy (non-hydrogen) atoms. The molecule has 6 heteroatoms. The van der Waals surface area contributed by atoms with Crippen LogP contribution in [-0.2, 0) is 0 Å². The van der Waals surface area contributed by atoms with Crippen LogP contribution in [0.25, 0.3) is 0 Å². The fourth-order valence-electron chi connectivity index (χ4n) is 1.82. The van der Waals surface area contributed by atoms with Crippen molar-refractivity contribution in [3.63, 3.8) is 0 Å². The largest absolute Gasteiger partial charge is 0.396 e. The van der Waals surface area contributed by atoms with Crippen molar-refractivity contribution in [3.05, 3.63) is 11.9 Å². The van der Waals surface area contributed by atoms with Crippen LogP contribution in [0, 0.1) is 5.92 Å². The number of carbonyl (C=O) groups is 1. The molecule has 82 valence electrons. The number of hydrogen-bond donors (Lipinski definition) is 1. The van der Waals surface area contributed by atoms with E-state index in [-0.39, 0.29) is 18.4 Å². The first-order valence-corrected chi connectivity index (χ1v) is 5.72. The van der Waals surface area contributed by atoms with Crippen LogP contribution >= 0.6 is 11.7 Å². The Kier molecular flexibility index (Phi) is 3.27. The van der Waals surface area contributed by atoms with E-state index in [1.807, 2.05) is 0 Å². The lowest BCUT2D eigenvalue weighted by molar-refractivity contribution is 0.0616. The van der Waals surface area contributed by atoms with E-state index in [0.29, 0.717) is 12.2 Å². The fourth-order valence-corrected chi connectivity index (χ4v) is 2.23. The van der Waals surface area contributed by atoms with Crippen molar-refractivity contribution in [2.24, 2.45) is 5.92 Å². The number of rotatable bonds is 2. The second-order valence-corrected chi connectivity index (χ2v) is 4.29. The number of aromatic nitrogens is 2. The van der Waals surface area contributed by atoms with E-state index >= 15 is 0 Å². The molecule has 1 aromatic rings. The molecule has 5 nitrogen and oxygen atoms in total. The summed E-state index contributed by atoms with van der Waals surface area (Å²) in [6, 6.07) is 0. The number of likely N-dealkylation sites (tertiary alicyclic amines) is 1. The molecular formula is C9H13N3O2S. The van der Waals surface area contributed by atoms with Crippen LogP contribution < -0.4 is 0 Å². The highest BCUT2D eigenvalue weighted by molar-refractivity contribution is 6.99. The van der Waals surface area contributed by atoms with Gasteiger partial charge in [-0.25, -0.2) is 0 Å². The highest BCUT2D eigenvalue weighted by Gasteiger charge is 2.25. The smallest absolute Gasteiger partial charge is 0.275 e. The van der Waals surface area contributed by atoms with Gasteiger partial charge in [0.15, 0.2) is 5.69 Å². The van der Waals surface area contributed by atoms with Crippen molar-refractivity contribution in [1.82, 2.24) is 13.6 Å². The van der Waals surface area contributed by atoms with Gasteiger partial charge in [0.25, 0.3) is 5.91 Å². The number of piperidine rings is 1. The highest BCUT2D eigenvalue weighted by Crippen LogP contribution is 2.17. The Hall–Kier alpha value is -1.01. The first-order valence-electron chi connectivity index (χ1n) is 4.99. The van der Waals surface area contributed by atoms with E-state index in [1.54, 1.807) is 4.90 Å². The predicted molar refractivity (Wildman–Crippen MR) is 55.6 cm³/mol. The van der Waals surface area contributed by atoms with Gasteiger partial charge in [-0.15, -0.1) is 0 Å². The monoisotopic (exact) mass is 227 g/mol. The average molecular weight is 227 g/mol. The molecule has 1 aliphatic rings. The second kappa shape index (κ2) is 4.67. The molecular weight excluding hydrogens is 214 g/mol. The molecule has 2 rings (SSSR count). The zero-order valence-corrected chi connectivity index (χ0v) is 9.11. The summed E-state index contributed by atoms with van der Waals surface area (Å²) in [6.45, 7) is 1.54. The Morgan fingerprint density at radius 1 is 1.73 bits per heavy atom. The summed E-state index contributed by atoms with van der Waals surface area (Å²) in [7, 11) is 0. The summed E-state index contributed by atoms with van der Waals surface area (Å²) >= 11 is 1.04. The van der Waals surface area contributed by atoms with Gasteiger partial charge in [-0.2, -0.15) is 8.75 Å². The maximum absolute atomic E-state index is 11.9. The van der Waals surface area contributed by atoms with Crippen LogP contribution in [-0.4, -0.2) is 44.4 Å². The third-order valence-corrected chi connectivity index (χ3v) is 3.12. The van der Waals surface area contributed by atoms with Gasteiger partial charge in [0.2, 0.25) is 0 Å². The molecule has 0 radical (unpaired) electrons. The number of carbonyl (C=O) groups excluding carboxylic acids is 1. The maximum atomic E-state index is 11.9. The Morgan fingerprint density at radius 2 is 2.60 bits per heavy atom. The first-order chi connectivity index (χ1) is 7.31. The molecule has 2 heterocycles. The standard InChI is InChI=1S/C9H13N3O2S/c13-6-7-2-1-3-12(5-7)9(14)8-4-10-15-11-8/h4,7,13H,1-3,5-6H2. The number of hydrogen-bond acceptors (Lipinski definition) is 5. The topological polar surface area (TPSA) is 66.3 Å². The number of nitrogens with zero attached hydrogens (tertiary/aromatic N) is 3. The van der Waals surface area contributed by atoms with Gasteiger partial charge in [-0.1, -0.05) is 0 Å². The van der Waals surface area contributed by atoms with Gasteiger partial charge in [0.05, 0.1) is 17.9 Å². The quantitative estimate of drug-likeness (QED) is 0.793. The lowest BCUT2D eigenvalue weighted by atomic mass is 9.99. The molecule has 0 bridgehead atoms. The van der Waals surface area contributed by atoms with E-state index in [0.717, 1.165) is 31.1 Å². The molecule has 1 saturated heterocycles. The van der Waals surface area contributed by atoms with E-state index in [2.05, 4.69) is 8.75 Å². The summed E-state index contributed by atoms with van der Waals surface area (Å²) in [4.78, 5) is 13.6. The van der Waals surface area contributed by atoms with Crippen molar-refractivity contribution in [2.45, 2.75) is 12.8 Å². The Labute approximate surface area is 92.1 Å². The summed E-state index contributed by atoms with van der Waals surface area (Å²) in [6.07, 6.45) is 3.44. The third-order valence-electron chi connectivity index (χ3n) is 2.64. The van der Waals surface area contributed by atoms with E-state index in [4.69, 9.17) is 5.11 Å². The minimum Gasteiger partial charge on any atom is -0.396 e. The summed E-state index contributed by atoms with van der Waals surface area (Å²) < 4.78 is 7.73. The zero-order chi connectivity index (χ0) is 10.7. The van der Waals surface area contributed by atoms with Crippen LogP contribution in [0.4, 0.5) is 0 Å². The SMILES string of the molecule is O=C(c1cnsn1)N1CCCC(CO)C1. The van der Waals surface area contributed by atoms with Crippen molar-refractivity contribution in [1.29, 1.82) is 0 Å². The molecule has 0 aliphatic carbocycles. The number of amides is 1. The third kappa shape index (κ3) is 2.32. The number of aliphatic hydroxyl groups excluding tert-OH is 1. The van der Waals surface area contributed by atoms with Gasteiger partial charge < -0.3 is 10.0 Å². The van der Waals surface area contributed by atoms with Crippen LogP contribution in [0.5, 0.6) is 0 Å². The summed E-state index contributed by atoms with van der Waals surface area (Å²) in [5.41, 5.74) is 0.415. The van der Waals surface area contributed by atoms with Gasteiger partial charge in [-0.3, -0.25) is 4.79 Å². The molecule has 0 saturated carbocycles. The molecule has 1 amide bonds. The highest BCUT2D eigenvalue weighted by atomic mass is 32.1. The van der Waals surface area contributed by atoms with Gasteiger partial charge in [0.1, 0.15) is 0 Å². The lowest BCUT2D eigenvalue weighted by Crippen LogP contribution is -2.41. The molecule has 0 aromatic carbocycles. The van der Waals surface area contributed by atoms with Crippen LogP contribution in [0.1, 0.15) is 23.3 Å². The molecule has 1 aromatic heterocycles. The van der Waals surface area contributed by atoms with Crippen molar-refractivity contribution >= 4 is 17.6 Å². The van der Waals surface area contributed by atoms with Crippen molar-refractivity contribution in [2.75, 3.05) is 19.7 Å². The second-order valence-electron chi connectivity index (χ2n) is 3.73. The minimum atomic E-state index is -0.0677. The Balaban J connectivity index is 2.01. The van der Waals surface area contributed by atoms with E-state index in [1.165, 1.54) is 6.20 Å². The van der Waals surface area contributed by atoms with Gasteiger partial charge in [-0.05, 0) is 18.8 Å². The normalized spacial score (nSPS) is 21.7. The Bertz CT molecular complexity index is 328. The molecule has 1 aliphatic heterocycles.